The highest BCUT2D eigenvalue weighted by molar-refractivity contribution is 7.85. The molecule has 0 atom stereocenters. The standard InChI is InChI=1S/C15H17N3O3.C14H17N3O.CH4O3S/c1-2-16-14(19)18(17-15(20)21)10-11-7-8-12-5-3-4-6-13(12)9-11;1-2-15-14(18)17-16-10-11-7-8-12-5-3-4-6-13(12)9-11;1-5(2,3)4/h3-9,17H,2,10H2,1H3,(H,16,19)(H,20,21);3-9,16H,2,10H2,1H3,(H2,15,17,18);1H3,(H,2,3,4). The number of nitrogens with one attached hydrogen (secondary N) is 5. The zero-order valence-corrected chi connectivity index (χ0v) is 25.5. The molecule has 4 aromatic carbocycles. The summed E-state index contributed by atoms with van der Waals surface area (Å²) in [6.07, 6.45) is -0.561. The Kier molecular flexibility index (Phi) is 14.4. The van der Waals surface area contributed by atoms with E-state index in [1.54, 1.807) is 6.92 Å². The van der Waals surface area contributed by atoms with Crippen LogP contribution in [0.1, 0.15) is 25.0 Å². The van der Waals surface area contributed by atoms with E-state index in [0.29, 0.717) is 25.9 Å². The van der Waals surface area contributed by atoms with Crippen molar-refractivity contribution < 1.29 is 32.5 Å². The number of fused-ring (bicyclic) bond motifs is 2. The maximum Gasteiger partial charge on any atom is 0.423 e. The Morgan fingerprint density at radius 2 is 1.23 bits per heavy atom. The number of carbonyl (C=O) groups excluding carboxylic acids is 2. The molecular formula is C30H38N6O7S. The average molecular weight is 627 g/mol. The Bertz CT molecular complexity index is 1640. The van der Waals surface area contributed by atoms with Crippen LogP contribution in [0.15, 0.2) is 84.9 Å². The Hall–Kier alpha value is -4.92. The van der Waals surface area contributed by atoms with Crippen molar-refractivity contribution in [1.82, 2.24) is 31.9 Å². The molecule has 5 amide bonds. The second-order valence-electron chi connectivity index (χ2n) is 9.27. The van der Waals surface area contributed by atoms with Crippen molar-refractivity contribution in [1.29, 1.82) is 0 Å². The molecule has 0 bridgehead atoms. The predicted molar refractivity (Wildman–Crippen MR) is 170 cm³/mol. The molecule has 44 heavy (non-hydrogen) atoms. The molecule has 0 saturated heterocycles. The maximum absolute atomic E-state index is 11.8. The molecule has 0 heterocycles. The Balaban J connectivity index is 0.000000268. The summed E-state index contributed by atoms with van der Waals surface area (Å²) in [6, 6.07) is 27.4. The lowest BCUT2D eigenvalue weighted by atomic mass is 10.1. The number of hydrogen-bond donors (Lipinski definition) is 7. The summed E-state index contributed by atoms with van der Waals surface area (Å²) >= 11 is 0. The third kappa shape index (κ3) is 13.8. The molecule has 4 aromatic rings. The highest BCUT2D eigenvalue weighted by atomic mass is 32.2. The minimum atomic E-state index is -3.67. The van der Waals surface area contributed by atoms with Crippen LogP contribution in [0.2, 0.25) is 0 Å². The van der Waals surface area contributed by atoms with Gasteiger partial charge in [0.2, 0.25) is 0 Å². The molecule has 14 heteroatoms. The molecule has 0 saturated carbocycles. The van der Waals surface area contributed by atoms with E-state index in [-0.39, 0.29) is 12.6 Å². The molecule has 0 fully saturated rings. The van der Waals surface area contributed by atoms with E-state index >= 15 is 0 Å². The molecule has 236 valence electrons. The third-order valence-corrected chi connectivity index (χ3v) is 5.60. The van der Waals surface area contributed by atoms with Gasteiger partial charge in [-0.15, -0.1) is 0 Å². The molecule has 0 aliphatic heterocycles. The smallest absolute Gasteiger partial charge is 0.423 e. The second kappa shape index (κ2) is 17.9. The molecule has 0 aliphatic rings. The molecule has 0 radical (unpaired) electrons. The van der Waals surface area contributed by atoms with Crippen molar-refractivity contribution in [2.24, 2.45) is 0 Å². The van der Waals surface area contributed by atoms with Gasteiger partial charge in [0.15, 0.2) is 0 Å². The van der Waals surface area contributed by atoms with Crippen LogP contribution in [0.25, 0.3) is 21.5 Å². The number of urea groups is 2. The van der Waals surface area contributed by atoms with E-state index in [2.05, 4.69) is 57.2 Å². The van der Waals surface area contributed by atoms with Crippen LogP contribution in [-0.2, 0) is 23.2 Å². The first kappa shape index (κ1) is 35.3. The van der Waals surface area contributed by atoms with Gasteiger partial charge >= 0.3 is 18.2 Å². The van der Waals surface area contributed by atoms with E-state index < -0.39 is 22.2 Å². The van der Waals surface area contributed by atoms with Crippen LogP contribution >= 0.6 is 0 Å². The van der Waals surface area contributed by atoms with Gasteiger partial charge in [0.1, 0.15) is 0 Å². The summed E-state index contributed by atoms with van der Waals surface area (Å²) < 4.78 is 25.9. The molecule has 0 aromatic heterocycles. The summed E-state index contributed by atoms with van der Waals surface area (Å²) in [6.45, 7) is 5.44. The van der Waals surface area contributed by atoms with Gasteiger partial charge in [-0.1, -0.05) is 72.8 Å². The fourth-order valence-electron chi connectivity index (χ4n) is 3.82. The first-order valence-electron chi connectivity index (χ1n) is 13.6. The van der Waals surface area contributed by atoms with Crippen LogP contribution in [0.4, 0.5) is 14.4 Å². The zero-order chi connectivity index (χ0) is 32.5. The predicted octanol–water partition coefficient (Wildman–Crippen LogP) is 4.22. The lowest BCUT2D eigenvalue weighted by Crippen LogP contribution is -2.49. The average Bonchev–Trinajstić information content (AvgIpc) is 2.96. The summed E-state index contributed by atoms with van der Waals surface area (Å²) in [5, 5.41) is 19.6. The monoisotopic (exact) mass is 626 g/mol. The quantitative estimate of drug-likeness (QED) is 0.117. The maximum atomic E-state index is 11.8. The Labute approximate surface area is 256 Å². The largest absolute Gasteiger partial charge is 0.464 e. The minimum Gasteiger partial charge on any atom is -0.464 e. The normalized spacial score (nSPS) is 10.4. The molecule has 0 unspecified atom stereocenters. The van der Waals surface area contributed by atoms with Crippen molar-refractivity contribution in [3.63, 3.8) is 0 Å². The molecule has 13 nitrogen and oxygen atoms in total. The van der Waals surface area contributed by atoms with Gasteiger partial charge in [0, 0.05) is 19.6 Å². The van der Waals surface area contributed by atoms with Crippen LogP contribution in [0.3, 0.4) is 0 Å². The van der Waals surface area contributed by atoms with Crippen LogP contribution in [0.5, 0.6) is 0 Å². The Morgan fingerprint density at radius 3 is 1.73 bits per heavy atom. The van der Waals surface area contributed by atoms with E-state index in [9.17, 15) is 22.8 Å². The summed E-state index contributed by atoms with van der Waals surface area (Å²) in [4.78, 5) is 33.8. The van der Waals surface area contributed by atoms with E-state index in [0.717, 1.165) is 26.9 Å². The Morgan fingerprint density at radius 1 is 0.750 bits per heavy atom. The van der Waals surface area contributed by atoms with Crippen molar-refractivity contribution in [2.45, 2.75) is 26.9 Å². The van der Waals surface area contributed by atoms with E-state index in [1.165, 1.54) is 10.8 Å². The molecular weight excluding hydrogens is 588 g/mol. The lowest BCUT2D eigenvalue weighted by molar-refractivity contribution is 0.139. The number of benzene rings is 4. The van der Waals surface area contributed by atoms with Crippen LogP contribution in [-0.4, -0.2) is 60.6 Å². The van der Waals surface area contributed by atoms with Crippen molar-refractivity contribution in [2.75, 3.05) is 19.3 Å². The SMILES string of the molecule is CCNC(=O)N(Cc1ccc2ccccc2c1)NC(=O)O.CCNC(=O)NNCc1ccc2ccccc2c1.CS(=O)(=O)O. The number of hydrazine groups is 2. The van der Waals surface area contributed by atoms with Crippen LogP contribution in [0, 0.1) is 0 Å². The third-order valence-electron chi connectivity index (χ3n) is 5.60. The minimum absolute atomic E-state index is 0.156. The van der Waals surface area contributed by atoms with Crippen molar-refractivity contribution in [3.05, 3.63) is 96.1 Å². The van der Waals surface area contributed by atoms with Gasteiger partial charge in [0.25, 0.3) is 10.1 Å². The van der Waals surface area contributed by atoms with Gasteiger partial charge < -0.3 is 15.7 Å². The number of hydrogen-bond acceptors (Lipinski definition) is 6. The van der Waals surface area contributed by atoms with E-state index in [1.807, 2.05) is 61.5 Å². The van der Waals surface area contributed by atoms with Gasteiger partial charge in [-0.3, -0.25) is 9.98 Å². The number of nitrogens with zero attached hydrogens (tertiary/aromatic N) is 1. The van der Waals surface area contributed by atoms with Gasteiger partial charge in [0.05, 0.1) is 12.8 Å². The summed E-state index contributed by atoms with van der Waals surface area (Å²) in [5.74, 6) is 0. The van der Waals surface area contributed by atoms with Gasteiger partial charge in [-0.25, -0.2) is 30.2 Å². The summed E-state index contributed by atoms with van der Waals surface area (Å²) in [7, 11) is -3.67. The van der Waals surface area contributed by atoms with Gasteiger partial charge in [-0.05, 0) is 58.7 Å². The first-order chi connectivity index (χ1) is 20.9. The molecule has 0 spiro atoms. The van der Waals surface area contributed by atoms with Gasteiger partial charge in [-0.2, -0.15) is 8.42 Å². The number of carboxylic acid groups (broad SMARTS) is 1. The number of rotatable bonds is 7. The van der Waals surface area contributed by atoms with E-state index in [4.69, 9.17) is 9.66 Å². The fraction of sp³-hybridized carbons (Fsp3) is 0.233. The lowest BCUT2D eigenvalue weighted by Gasteiger charge is -2.22. The zero-order valence-electron chi connectivity index (χ0n) is 24.7. The van der Waals surface area contributed by atoms with Crippen molar-refractivity contribution >= 4 is 49.8 Å². The topological polar surface area (TPSA) is 189 Å². The fourth-order valence-corrected chi connectivity index (χ4v) is 3.82. The number of amides is 5. The van der Waals surface area contributed by atoms with Crippen molar-refractivity contribution in [3.8, 4) is 0 Å². The summed E-state index contributed by atoms with van der Waals surface area (Å²) in [5.41, 5.74) is 9.54. The highest BCUT2D eigenvalue weighted by Crippen LogP contribution is 2.17. The second-order valence-corrected chi connectivity index (χ2v) is 10.7. The number of carbonyl (C=O) groups is 3. The first-order valence-corrected chi connectivity index (χ1v) is 15.4. The molecule has 4 rings (SSSR count). The molecule has 0 aliphatic carbocycles. The highest BCUT2D eigenvalue weighted by Gasteiger charge is 2.15. The molecule has 7 N–H and O–H groups in total. The van der Waals surface area contributed by atoms with Crippen LogP contribution < -0.4 is 26.9 Å².